The lowest BCUT2D eigenvalue weighted by Gasteiger charge is -2.21. The molecule has 0 unspecified atom stereocenters. The van der Waals surface area contributed by atoms with Crippen LogP contribution in [0.5, 0.6) is 0 Å². The molecule has 1 aromatic rings. The van der Waals surface area contributed by atoms with Gasteiger partial charge in [-0.2, -0.15) is 0 Å². The van der Waals surface area contributed by atoms with Gasteiger partial charge >= 0.3 is 0 Å². The van der Waals surface area contributed by atoms with E-state index in [2.05, 4.69) is 5.32 Å². The molecule has 0 saturated heterocycles. The fraction of sp³-hybridized carbons (Fsp3) is 0.562. The maximum atomic E-state index is 11.9. The van der Waals surface area contributed by atoms with Crippen LogP contribution < -0.4 is 5.32 Å². The summed E-state index contributed by atoms with van der Waals surface area (Å²) in [5.41, 5.74) is 1.27. The number of nitro groups is 1. The van der Waals surface area contributed by atoms with Crippen molar-refractivity contribution < 1.29 is 9.72 Å². The SMILES string of the molecule is Cc1cc(NC(=O)CCC2CCCCC2)ccc1[N+](=O)[O-]. The molecule has 0 atom stereocenters. The Hall–Kier alpha value is -1.91. The van der Waals surface area contributed by atoms with E-state index in [0.29, 0.717) is 23.6 Å². The molecule has 0 spiro atoms. The predicted octanol–water partition coefficient (Wildman–Crippen LogP) is 4.20. The lowest BCUT2D eigenvalue weighted by atomic mass is 9.86. The molecule has 114 valence electrons. The predicted molar refractivity (Wildman–Crippen MR) is 82.3 cm³/mol. The average Bonchev–Trinajstić information content (AvgIpc) is 2.46. The topological polar surface area (TPSA) is 72.2 Å². The molecule has 0 radical (unpaired) electrons. The molecule has 1 N–H and O–H groups in total. The van der Waals surface area contributed by atoms with Crippen molar-refractivity contribution in [1.82, 2.24) is 0 Å². The Labute approximate surface area is 124 Å². The zero-order valence-corrected chi connectivity index (χ0v) is 12.4. The Morgan fingerprint density at radius 3 is 2.67 bits per heavy atom. The van der Waals surface area contributed by atoms with E-state index in [1.165, 1.54) is 38.2 Å². The van der Waals surface area contributed by atoms with Crippen LogP contribution in [0.2, 0.25) is 0 Å². The van der Waals surface area contributed by atoms with Gasteiger partial charge in [0.1, 0.15) is 0 Å². The maximum Gasteiger partial charge on any atom is 0.272 e. The quantitative estimate of drug-likeness (QED) is 0.652. The monoisotopic (exact) mass is 290 g/mol. The van der Waals surface area contributed by atoms with E-state index >= 15 is 0 Å². The summed E-state index contributed by atoms with van der Waals surface area (Å²) in [6.45, 7) is 1.68. The second-order valence-corrected chi connectivity index (χ2v) is 5.85. The minimum atomic E-state index is -0.413. The van der Waals surface area contributed by atoms with Crippen molar-refractivity contribution in [3.8, 4) is 0 Å². The molecule has 1 fully saturated rings. The van der Waals surface area contributed by atoms with Crippen LogP contribution in [0.1, 0.15) is 50.5 Å². The number of nitrogens with one attached hydrogen (secondary N) is 1. The number of anilines is 1. The molecule has 2 rings (SSSR count). The van der Waals surface area contributed by atoms with Crippen LogP contribution >= 0.6 is 0 Å². The van der Waals surface area contributed by atoms with E-state index in [1.54, 1.807) is 19.1 Å². The third-order valence-electron chi connectivity index (χ3n) is 4.18. The molecule has 5 nitrogen and oxygen atoms in total. The van der Waals surface area contributed by atoms with Gasteiger partial charge in [-0.05, 0) is 31.4 Å². The molecule has 1 aliphatic rings. The van der Waals surface area contributed by atoms with Gasteiger partial charge in [-0.25, -0.2) is 0 Å². The van der Waals surface area contributed by atoms with Crippen LogP contribution in [0.15, 0.2) is 18.2 Å². The summed E-state index contributed by atoms with van der Waals surface area (Å²) in [5, 5.41) is 13.6. The number of nitro benzene ring substituents is 1. The van der Waals surface area contributed by atoms with Crippen LogP contribution in [-0.4, -0.2) is 10.8 Å². The molecular formula is C16H22N2O3. The van der Waals surface area contributed by atoms with Gasteiger partial charge in [0.15, 0.2) is 0 Å². The molecule has 1 saturated carbocycles. The Balaban J connectivity index is 1.84. The van der Waals surface area contributed by atoms with Crippen molar-refractivity contribution in [3.05, 3.63) is 33.9 Å². The van der Waals surface area contributed by atoms with Crippen LogP contribution in [-0.2, 0) is 4.79 Å². The normalized spacial score (nSPS) is 15.7. The second-order valence-electron chi connectivity index (χ2n) is 5.85. The summed E-state index contributed by atoms with van der Waals surface area (Å²) in [5.74, 6) is 0.678. The first kappa shape index (κ1) is 15.5. The number of hydrogen-bond donors (Lipinski definition) is 1. The standard InChI is InChI=1S/C16H22N2O3/c1-12-11-14(8-9-15(12)18(20)21)17-16(19)10-7-13-5-3-2-4-6-13/h8-9,11,13H,2-7,10H2,1H3,(H,17,19). The smallest absolute Gasteiger partial charge is 0.272 e. The first-order valence-corrected chi connectivity index (χ1v) is 7.61. The molecule has 0 aromatic heterocycles. The Morgan fingerprint density at radius 2 is 2.05 bits per heavy atom. The molecule has 21 heavy (non-hydrogen) atoms. The number of nitrogens with zero attached hydrogens (tertiary/aromatic N) is 1. The number of aryl methyl sites for hydroxylation is 1. The van der Waals surface area contributed by atoms with Gasteiger partial charge in [0, 0.05) is 23.7 Å². The summed E-state index contributed by atoms with van der Waals surface area (Å²) in [6, 6.07) is 4.67. The van der Waals surface area contributed by atoms with Crippen LogP contribution in [0, 0.1) is 23.0 Å². The van der Waals surface area contributed by atoms with Gasteiger partial charge in [-0.15, -0.1) is 0 Å². The van der Waals surface area contributed by atoms with Crippen molar-refractivity contribution in [2.45, 2.75) is 51.9 Å². The van der Waals surface area contributed by atoms with E-state index in [-0.39, 0.29) is 11.6 Å². The summed E-state index contributed by atoms with van der Waals surface area (Å²) in [6.07, 6.45) is 7.85. The molecule has 1 amide bonds. The molecular weight excluding hydrogens is 268 g/mol. The number of amides is 1. The average molecular weight is 290 g/mol. The lowest BCUT2D eigenvalue weighted by Crippen LogP contribution is -2.15. The Morgan fingerprint density at radius 1 is 1.33 bits per heavy atom. The largest absolute Gasteiger partial charge is 0.326 e. The molecule has 0 heterocycles. The zero-order chi connectivity index (χ0) is 15.2. The van der Waals surface area contributed by atoms with E-state index in [1.807, 2.05) is 0 Å². The van der Waals surface area contributed by atoms with E-state index < -0.39 is 4.92 Å². The van der Waals surface area contributed by atoms with E-state index in [0.717, 1.165) is 6.42 Å². The van der Waals surface area contributed by atoms with Crippen molar-refractivity contribution in [2.24, 2.45) is 5.92 Å². The van der Waals surface area contributed by atoms with Crippen LogP contribution in [0.4, 0.5) is 11.4 Å². The first-order valence-electron chi connectivity index (χ1n) is 7.61. The number of carbonyl (C=O) groups is 1. The number of rotatable bonds is 5. The van der Waals surface area contributed by atoms with E-state index in [9.17, 15) is 14.9 Å². The van der Waals surface area contributed by atoms with Crippen molar-refractivity contribution in [3.63, 3.8) is 0 Å². The second kappa shape index (κ2) is 7.20. The summed E-state index contributed by atoms with van der Waals surface area (Å²) < 4.78 is 0. The zero-order valence-electron chi connectivity index (χ0n) is 12.4. The Bertz CT molecular complexity index is 522. The van der Waals surface area contributed by atoms with Gasteiger partial charge in [-0.1, -0.05) is 32.1 Å². The molecule has 5 heteroatoms. The minimum Gasteiger partial charge on any atom is -0.326 e. The van der Waals surface area contributed by atoms with E-state index in [4.69, 9.17) is 0 Å². The third-order valence-corrected chi connectivity index (χ3v) is 4.18. The van der Waals surface area contributed by atoms with Gasteiger partial charge in [0.25, 0.3) is 5.69 Å². The highest BCUT2D eigenvalue weighted by Gasteiger charge is 2.15. The molecule has 0 bridgehead atoms. The Kier molecular flexibility index (Phi) is 5.31. The van der Waals surface area contributed by atoms with Gasteiger partial charge < -0.3 is 5.32 Å². The minimum absolute atomic E-state index is 0.00572. The van der Waals surface area contributed by atoms with Crippen molar-refractivity contribution in [2.75, 3.05) is 5.32 Å². The van der Waals surface area contributed by atoms with Crippen molar-refractivity contribution in [1.29, 1.82) is 0 Å². The lowest BCUT2D eigenvalue weighted by molar-refractivity contribution is -0.385. The van der Waals surface area contributed by atoms with Crippen LogP contribution in [0.25, 0.3) is 0 Å². The van der Waals surface area contributed by atoms with Gasteiger partial charge in [0.2, 0.25) is 5.91 Å². The first-order chi connectivity index (χ1) is 10.1. The highest BCUT2D eigenvalue weighted by Crippen LogP contribution is 2.27. The molecule has 1 aliphatic carbocycles. The summed E-state index contributed by atoms with van der Waals surface area (Å²) in [4.78, 5) is 22.3. The highest BCUT2D eigenvalue weighted by atomic mass is 16.6. The maximum absolute atomic E-state index is 11.9. The fourth-order valence-corrected chi connectivity index (χ4v) is 2.97. The highest BCUT2D eigenvalue weighted by molar-refractivity contribution is 5.90. The van der Waals surface area contributed by atoms with Gasteiger partial charge in [0.05, 0.1) is 4.92 Å². The van der Waals surface area contributed by atoms with Crippen molar-refractivity contribution >= 4 is 17.3 Å². The summed E-state index contributed by atoms with van der Waals surface area (Å²) in [7, 11) is 0. The van der Waals surface area contributed by atoms with Crippen LogP contribution in [0.3, 0.4) is 0 Å². The fourth-order valence-electron chi connectivity index (χ4n) is 2.97. The van der Waals surface area contributed by atoms with Gasteiger partial charge in [-0.3, -0.25) is 14.9 Å². The molecule has 0 aliphatic heterocycles. The molecule has 1 aromatic carbocycles. The summed E-state index contributed by atoms with van der Waals surface area (Å²) >= 11 is 0. The third kappa shape index (κ3) is 4.55. The number of benzene rings is 1. The number of carbonyl (C=O) groups excluding carboxylic acids is 1. The number of hydrogen-bond acceptors (Lipinski definition) is 3.